The number of methoxy groups -OCH3 is 2. The molecule has 1 aliphatic heterocycles. The van der Waals surface area contributed by atoms with Gasteiger partial charge in [-0.3, -0.25) is 9.59 Å². The van der Waals surface area contributed by atoms with E-state index in [1.54, 1.807) is 56.7 Å². The highest BCUT2D eigenvalue weighted by Crippen LogP contribution is 2.29. The Morgan fingerprint density at radius 2 is 1.82 bits per heavy atom. The lowest BCUT2D eigenvalue weighted by atomic mass is 10.2. The first-order valence-electron chi connectivity index (χ1n) is 10.4. The van der Waals surface area contributed by atoms with Crippen molar-refractivity contribution in [2.75, 3.05) is 38.4 Å². The van der Waals surface area contributed by atoms with E-state index in [-0.39, 0.29) is 17.6 Å². The summed E-state index contributed by atoms with van der Waals surface area (Å²) in [5.74, 6) is 1.10. The topological polar surface area (TPSA) is 111 Å². The highest BCUT2D eigenvalue weighted by atomic mass is 32.2. The van der Waals surface area contributed by atoms with Crippen molar-refractivity contribution in [3.63, 3.8) is 0 Å². The zero-order valence-electron chi connectivity index (χ0n) is 18.4. The summed E-state index contributed by atoms with van der Waals surface area (Å²) in [5.41, 5.74) is 1.84. The van der Waals surface area contributed by atoms with E-state index in [9.17, 15) is 9.59 Å². The molecule has 10 nitrogen and oxygen atoms in total. The lowest BCUT2D eigenvalue weighted by Crippen LogP contribution is -2.27. The number of hydrogen-bond donors (Lipinski definition) is 1. The maximum atomic E-state index is 12.5. The van der Waals surface area contributed by atoms with Gasteiger partial charge < -0.3 is 19.7 Å². The first-order valence-corrected chi connectivity index (χ1v) is 11.4. The highest BCUT2D eigenvalue weighted by Gasteiger charge is 2.19. The van der Waals surface area contributed by atoms with Crippen molar-refractivity contribution >= 4 is 29.3 Å². The van der Waals surface area contributed by atoms with Gasteiger partial charge in [0.05, 0.1) is 20.0 Å². The van der Waals surface area contributed by atoms with E-state index < -0.39 is 0 Å². The van der Waals surface area contributed by atoms with E-state index in [4.69, 9.17) is 9.47 Å². The van der Waals surface area contributed by atoms with Crippen LogP contribution in [0.2, 0.25) is 0 Å². The number of aromatic nitrogens is 4. The average Bonchev–Trinajstić information content (AvgIpc) is 3.55. The van der Waals surface area contributed by atoms with E-state index in [2.05, 4.69) is 20.8 Å². The van der Waals surface area contributed by atoms with Crippen molar-refractivity contribution in [1.29, 1.82) is 0 Å². The number of thioether (sulfide) groups is 1. The second-order valence-electron chi connectivity index (χ2n) is 7.32. The molecule has 1 fully saturated rings. The van der Waals surface area contributed by atoms with Crippen molar-refractivity contribution in [1.82, 2.24) is 25.1 Å². The Morgan fingerprint density at radius 1 is 1.06 bits per heavy atom. The molecule has 2 heterocycles. The minimum Gasteiger partial charge on any atom is -0.497 e. The van der Waals surface area contributed by atoms with Crippen LogP contribution in [0.15, 0.2) is 47.6 Å². The van der Waals surface area contributed by atoms with Crippen LogP contribution in [0.3, 0.4) is 0 Å². The van der Waals surface area contributed by atoms with Crippen LogP contribution in [-0.2, 0) is 4.79 Å². The molecule has 1 aliphatic rings. The van der Waals surface area contributed by atoms with Gasteiger partial charge in [0, 0.05) is 30.4 Å². The molecule has 0 bridgehead atoms. The number of carbonyl (C=O) groups excluding carboxylic acids is 2. The van der Waals surface area contributed by atoms with Crippen LogP contribution in [0.1, 0.15) is 23.2 Å². The monoisotopic (exact) mass is 468 g/mol. The number of nitrogens with one attached hydrogen (secondary N) is 1. The van der Waals surface area contributed by atoms with Gasteiger partial charge in [-0.2, -0.15) is 4.68 Å². The zero-order chi connectivity index (χ0) is 23.2. The minimum atomic E-state index is -0.217. The van der Waals surface area contributed by atoms with Crippen molar-refractivity contribution < 1.29 is 19.1 Å². The Balaban J connectivity index is 1.38. The predicted molar refractivity (Wildman–Crippen MR) is 123 cm³/mol. The minimum absolute atomic E-state index is 0.0285. The summed E-state index contributed by atoms with van der Waals surface area (Å²) in [6.45, 7) is 1.60. The van der Waals surface area contributed by atoms with Gasteiger partial charge in [-0.15, -0.1) is 5.10 Å². The third kappa shape index (κ3) is 5.25. The van der Waals surface area contributed by atoms with Gasteiger partial charge in [0.15, 0.2) is 0 Å². The van der Waals surface area contributed by atoms with E-state index >= 15 is 0 Å². The normalized spacial score (nSPS) is 13.1. The molecule has 0 atom stereocenters. The lowest BCUT2D eigenvalue weighted by Gasteiger charge is -2.15. The molecule has 0 unspecified atom stereocenters. The molecule has 2 aromatic carbocycles. The van der Waals surface area contributed by atoms with Crippen LogP contribution in [0, 0.1) is 0 Å². The first-order chi connectivity index (χ1) is 16.1. The molecule has 0 saturated carbocycles. The highest BCUT2D eigenvalue weighted by molar-refractivity contribution is 7.99. The Kier molecular flexibility index (Phi) is 7.08. The molecule has 1 saturated heterocycles. The van der Waals surface area contributed by atoms with Gasteiger partial charge >= 0.3 is 0 Å². The maximum absolute atomic E-state index is 12.5. The summed E-state index contributed by atoms with van der Waals surface area (Å²) in [6.07, 6.45) is 2.09. The van der Waals surface area contributed by atoms with E-state index in [0.29, 0.717) is 33.6 Å². The largest absolute Gasteiger partial charge is 0.497 e. The van der Waals surface area contributed by atoms with Gasteiger partial charge in [-0.05, 0) is 59.7 Å². The predicted octanol–water partition coefficient (Wildman–Crippen LogP) is 2.65. The van der Waals surface area contributed by atoms with Crippen LogP contribution in [0.4, 0.5) is 5.69 Å². The zero-order valence-corrected chi connectivity index (χ0v) is 19.2. The fraction of sp³-hybridized carbons (Fsp3) is 0.318. The van der Waals surface area contributed by atoms with E-state index in [1.165, 1.54) is 16.4 Å². The molecule has 1 aromatic heterocycles. The first kappa shape index (κ1) is 22.6. The molecule has 1 N–H and O–H groups in total. The third-order valence-electron chi connectivity index (χ3n) is 5.20. The molecule has 33 heavy (non-hydrogen) atoms. The Labute approximate surface area is 195 Å². The van der Waals surface area contributed by atoms with Crippen LogP contribution in [-0.4, -0.2) is 70.0 Å². The number of tetrazole rings is 1. The van der Waals surface area contributed by atoms with Crippen molar-refractivity contribution in [2.24, 2.45) is 0 Å². The Morgan fingerprint density at radius 3 is 2.52 bits per heavy atom. The smallest absolute Gasteiger partial charge is 0.253 e. The molecule has 4 rings (SSSR count). The quantitative estimate of drug-likeness (QED) is 0.502. The number of nitrogens with zero attached hydrogens (tertiary/aromatic N) is 5. The summed E-state index contributed by atoms with van der Waals surface area (Å²) in [4.78, 5) is 26.8. The molecule has 3 aromatic rings. The van der Waals surface area contributed by atoms with E-state index in [1.807, 2.05) is 4.90 Å². The van der Waals surface area contributed by atoms with E-state index in [0.717, 1.165) is 25.9 Å². The number of hydrogen-bond acceptors (Lipinski definition) is 8. The summed E-state index contributed by atoms with van der Waals surface area (Å²) in [7, 11) is 3.12. The second kappa shape index (κ2) is 10.3. The molecule has 0 aliphatic carbocycles. The standard InChI is InChI=1S/C22H24N6O4S/c1-31-17-9-10-19(32-2)18(13-17)28-22(24-25-26-28)33-14-20(29)23-16-7-5-15(6-8-16)21(30)27-11-3-4-12-27/h5-10,13H,3-4,11-12,14H2,1-2H3,(H,23,29). The fourth-order valence-corrected chi connectivity index (χ4v) is 4.19. The fourth-order valence-electron chi connectivity index (χ4n) is 3.51. The van der Waals surface area contributed by atoms with Crippen LogP contribution >= 0.6 is 11.8 Å². The average molecular weight is 469 g/mol. The van der Waals surface area contributed by atoms with Crippen molar-refractivity contribution in [3.8, 4) is 17.2 Å². The number of ether oxygens (including phenoxy) is 2. The van der Waals surface area contributed by atoms with Crippen LogP contribution < -0.4 is 14.8 Å². The van der Waals surface area contributed by atoms with Gasteiger partial charge in [-0.25, -0.2) is 0 Å². The van der Waals surface area contributed by atoms with Crippen LogP contribution in [0.25, 0.3) is 5.69 Å². The van der Waals surface area contributed by atoms with Gasteiger partial charge in [0.25, 0.3) is 5.91 Å². The number of anilines is 1. The molecular weight excluding hydrogens is 444 g/mol. The number of amides is 2. The number of rotatable bonds is 8. The third-order valence-corrected chi connectivity index (χ3v) is 6.12. The molecule has 172 valence electrons. The molecule has 0 radical (unpaired) electrons. The number of benzene rings is 2. The number of carbonyl (C=O) groups is 2. The summed E-state index contributed by atoms with van der Waals surface area (Å²) >= 11 is 1.19. The SMILES string of the molecule is COc1ccc(OC)c(-n2nnnc2SCC(=O)Nc2ccc(C(=O)N3CCCC3)cc2)c1. The molecular formula is C22H24N6O4S. The lowest BCUT2D eigenvalue weighted by molar-refractivity contribution is -0.113. The Bertz CT molecular complexity index is 1130. The van der Waals surface area contributed by atoms with Crippen molar-refractivity contribution in [3.05, 3.63) is 48.0 Å². The molecule has 2 amide bonds. The molecule has 11 heteroatoms. The van der Waals surface area contributed by atoms with Gasteiger partial charge in [0.2, 0.25) is 11.1 Å². The van der Waals surface area contributed by atoms with Gasteiger partial charge in [-0.1, -0.05) is 11.8 Å². The Hall–Kier alpha value is -3.60. The maximum Gasteiger partial charge on any atom is 0.253 e. The summed E-state index contributed by atoms with van der Waals surface area (Å²) < 4.78 is 12.2. The summed E-state index contributed by atoms with van der Waals surface area (Å²) in [5, 5.41) is 15.0. The molecule has 0 spiro atoms. The van der Waals surface area contributed by atoms with Gasteiger partial charge in [0.1, 0.15) is 17.2 Å². The van der Waals surface area contributed by atoms with Crippen molar-refractivity contribution in [2.45, 2.75) is 18.0 Å². The number of likely N-dealkylation sites (tertiary alicyclic amines) is 1. The second-order valence-corrected chi connectivity index (χ2v) is 8.27. The van der Waals surface area contributed by atoms with Crippen LogP contribution in [0.5, 0.6) is 11.5 Å². The summed E-state index contributed by atoms with van der Waals surface area (Å²) in [6, 6.07) is 12.2.